The number of fused-ring (bicyclic) bond motifs is 3. The average Bonchev–Trinajstić information content (AvgIpc) is 3.52. The van der Waals surface area contributed by atoms with Gasteiger partial charge in [0.25, 0.3) is 5.91 Å². The van der Waals surface area contributed by atoms with E-state index in [2.05, 4.69) is 10.3 Å². The molecule has 2 N–H and O–H groups in total. The van der Waals surface area contributed by atoms with Crippen molar-refractivity contribution in [3.8, 4) is 0 Å². The van der Waals surface area contributed by atoms with Gasteiger partial charge in [0.05, 0.1) is 12.5 Å². The van der Waals surface area contributed by atoms with Crippen molar-refractivity contribution in [3.05, 3.63) is 53.8 Å². The standard InChI is InChI=1S/C28H37N3O7/c1-17(2)26-19(4)9-10-24(34)29-11-5-7-18(3)13-20(32)14-21(33)15-25-30-22(16-37-25)27(35)31-12-6-8-23(31)28(36)38-26/h5,7,9-10,13,16-17,19-20,23,26,32H,6,8,11-12,14-15H2,1-4H3,(H,29,34)/b7-5+,10-9-,18-13-/t19-,20-,23?,26+/m1/s1. The SMILES string of the molecule is CC1=C/[C@@H](O)CC(=O)Cc2nc(co2)C(=O)N2CCCC2C(=O)O[C@@H](C(C)C)[C@H](C)/C=C\C(=O)NC\C=C\1. The summed E-state index contributed by atoms with van der Waals surface area (Å²) in [6, 6.07) is -0.761. The van der Waals surface area contributed by atoms with E-state index in [4.69, 9.17) is 9.15 Å². The molecule has 3 rings (SSSR count). The zero-order valence-electron chi connectivity index (χ0n) is 22.4. The molecule has 0 aliphatic carbocycles. The van der Waals surface area contributed by atoms with Crippen molar-refractivity contribution in [1.29, 1.82) is 0 Å². The van der Waals surface area contributed by atoms with Gasteiger partial charge in [0.15, 0.2) is 5.69 Å². The molecule has 10 nitrogen and oxygen atoms in total. The van der Waals surface area contributed by atoms with Crippen LogP contribution >= 0.6 is 0 Å². The van der Waals surface area contributed by atoms with Gasteiger partial charge in [0.2, 0.25) is 11.8 Å². The number of aliphatic hydroxyl groups excluding tert-OH is 1. The molecule has 0 aromatic carbocycles. The second-order valence-corrected chi connectivity index (χ2v) is 10.2. The van der Waals surface area contributed by atoms with Gasteiger partial charge in [-0.2, -0.15) is 0 Å². The summed E-state index contributed by atoms with van der Waals surface area (Å²) in [5.41, 5.74) is 0.739. The normalized spacial score (nSPS) is 29.7. The third-order valence-corrected chi connectivity index (χ3v) is 6.55. The number of carbonyl (C=O) groups excluding carboxylic acids is 4. The molecule has 1 fully saturated rings. The number of carbonyl (C=O) groups is 4. The van der Waals surface area contributed by atoms with E-state index >= 15 is 0 Å². The van der Waals surface area contributed by atoms with Crippen molar-refractivity contribution in [1.82, 2.24) is 15.2 Å². The van der Waals surface area contributed by atoms with Crippen molar-refractivity contribution in [2.75, 3.05) is 13.1 Å². The molecule has 4 atom stereocenters. The van der Waals surface area contributed by atoms with Crippen LogP contribution in [0.2, 0.25) is 0 Å². The molecule has 0 radical (unpaired) electrons. The van der Waals surface area contributed by atoms with Crippen molar-refractivity contribution >= 4 is 23.6 Å². The lowest BCUT2D eigenvalue weighted by Crippen LogP contribution is -2.44. The van der Waals surface area contributed by atoms with Gasteiger partial charge in [-0.1, -0.05) is 50.6 Å². The van der Waals surface area contributed by atoms with E-state index in [0.29, 0.717) is 19.4 Å². The zero-order valence-corrected chi connectivity index (χ0v) is 22.4. The Balaban J connectivity index is 1.85. The molecule has 10 heteroatoms. The number of ether oxygens (including phenoxy) is 1. The molecule has 0 spiro atoms. The van der Waals surface area contributed by atoms with Gasteiger partial charge >= 0.3 is 5.97 Å². The second-order valence-electron chi connectivity index (χ2n) is 10.2. The predicted octanol–water partition coefficient (Wildman–Crippen LogP) is 2.53. The van der Waals surface area contributed by atoms with Crippen LogP contribution < -0.4 is 5.32 Å². The molecule has 2 amide bonds. The molecule has 1 saturated heterocycles. The molecule has 0 saturated carbocycles. The maximum Gasteiger partial charge on any atom is 0.329 e. The van der Waals surface area contributed by atoms with Gasteiger partial charge in [0, 0.05) is 25.4 Å². The summed E-state index contributed by atoms with van der Waals surface area (Å²) in [5.74, 6) is -1.76. The summed E-state index contributed by atoms with van der Waals surface area (Å²) >= 11 is 0. The lowest BCUT2D eigenvalue weighted by atomic mass is 9.94. The number of allylic oxidation sites excluding steroid dienone is 2. The number of aliphatic hydroxyl groups is 1. The van der Waals surface area contributed by atoms with Gasteiger partial charge < -0.3 is 24.5 Å². The van der Waals surface area contributed by atoms with Crippen molar-refractivity contribution in [2.45, 2.75) is 71.6 Å². The molecular formula is C28H37N3O7. The highest BCUT2D eigenvalue weighted by atomic mass is 16.5. The summed E-state index contributed by atoms with van der Waals surface area (Å²) in [6.07, 6.45) is 8.62. The quantitative estimate of drug-likeness (QED) is 0.531. The minimum absolute atomic E-state index is 0.00930. The van der Waals surface area contributed by atoms with E-state index in [1.165, 1.54) is 17.2 Å². The maximum absolute atomic E-state index is 13.2. The van der Waals surface area contributed by atoms with Crippen LogP contribution in [0.4, 0.5) is 0 Å². The Labute approximate surface area is 222 Å². The first-order chi connectivity index (χ1) is 18.0. The average molecular weight is 528 g/mol. The highest BCUT2D eigenvalue weighted by Crippen LogP contribution is 2.25. The number of ketones is 1. The third-order valence-electron chi connectivity index (χ3n) is 6.55. The van der Waals surface area contributed by atoms with E-state index in [-0.39, 0.29) is 54.5 Å². The van der Waals surface area contributed by atoms with Crippen LogP contribution in [0.3, 0.4) is 0 Å². The number of Topliss-reactive ketones (excluding diaryl/α,β-unsaturated/α-hetero) is 1. The van der Waals surface area contributed by atoms with E-state index in [0.717, 1.165) is 5.57 Å². The topological polar surface area (TPSA) is 139 Å². The Morgan fingerprint density at radius 2 is 1.95 bits per heavy atom. The molecule has 1 unspecified atom stereocenters. The Bertz CT molecular complexity index is 1120. The van der Waals surface area contributed by atoms with Crippen LogP contribution in [0, 0.1) is 11.8 Å². The zero-order chi connectivity index (χ0) is 27.8. The first kappa shape index (κ1) is 29.0. The molecule has 1 aromatic heterocycles. The molecular weight excluding hydrogens is 490 g/mol. The highest BCUT2D eigenvalue weighted by Gasteiger charge is 2.38. The predicted molar refractivity (Wildman–Crippen MR) is 139 cm³/mol. The number of oxazole rings is 1. The number of nitrogens with one attached hydrogen (secondary N) is 1. The van der Waals surface area contributed by atoms with Gasteiger partial charge in [-0.3, -0.25) is 14.4 Å². The fraction of sp³-hybridized carbons (Fsp3) is 0.536. The van der Waals surface area contributed by atoms with Gasteiger partial charge in [-0.15, -0.1) is 0 Å². The minimum Gasteiger partial charge on any atom is -0.460 e. The number of aromatic nitrogens is 1. The number of amides is 2. The third kappa shape index (κ3) is 7.98. The summed E-state index contributed by atoms with van der Waals surface area (Å²) in [6.45, 7) is 8.16. The fourth-order valence-corrected chi connectivity index (χ4v) is 4.66. The van der Waals surface area contributed by atoms with Crippen LogP contribution in [-0.2, 0) is 25.5 Å². The Morgan fingerprint density at radius 1 is 1.18 bits per heavy atom. The Morgan fingerprint density at radius 3 is 2.68 bits per heavy atom. The minimum atomic E-state index is -1.01. The first-order valence-corrected chi connectivity index (χ1v) is 13.0. The summed E-state index contributed by atoms with van der Waals surface area (Å²) in [4.78, 5) is 56.6. The summed E-state index contributed by atoms with van der Waals surface area (Å²) in [7, 11) is 0. The molecule has 2 aliphatic heterocycles. The van der Waals surface area contributed by atoms with Crippen molar-refractivity contribution in [2.24, 2.45) is 11.8 Å². The van der Waals surface area contributed by atoms with E-state index in [1.807, 2.05) is 20.8 Å². The highest BCUT2D eigenvalue weighted by molar-refractivity contribution is 5.95. The smallest absolute Gasteiger partial charge is 0.329 e. The second kappa shape index (κ2) is 13.3. The molecule has 38 heavy (non-hydrogen) atoms. The lowest BCUT2D eigenvalue weighted by Gasteiger charge is -2.29. The van der Waals surface area contributed by atoms with Crippen LogP contribution in [-0.4, -0.2) is 69.9 Å². The number of esters is 1. The number of rotatable bonds is 1. The first-order valence-electron chi connectivity index (χ1n) is 13.0. The van der Waals surface area contributed by atoms with Crippen LogP contribution in [0.25, 0.3) is 0 Å². The van der Waals surface area contributed by atoms with Crippen LogP contribution in [0.1, 0.15) is 63.3 Å². The Kier molecular flexibility index (Phi) is 10.2. The largest absolute Gasteiger partial charge is 0.460 e. The van der Waals surface area contributed by atoms with Gasteiger partial charge in [-0.05, 0) is 31.8 Å². The van der Waals surface area contributed by atoms with Crippen molar-refractivity contribution in [3.63, 3.8) is 0 Å². The summed E-state index contributed by atoms with van der Waals surface area (Å²) in [5, 5.41) is 13.0. The van der Waals surface area contributed by atoms with Gasteiger partial charge in [0.1, 0.15) is 24.2 Å². The molecule has 2 bridgehead atoms. The van der Waals surface area contributed by atoms with Gasteiger partial charge in [-0.25, -0.2) is 9.78 Å². The van der Waals surface area contributed by atoms with E-state index in [1.54, 1.807) is 31.2 Å². The molecule has 3 heterocycles. The van der Waals surface area contributed by atoms with E-state index < -0.39 is 30.1 Å². The van der Waals surface area contributed by atoms with Crippen molar-refractivity contribution < 1.29 is 33.4 Å². The number of hydrogen-bond acceptors (Lipinski definition) is 8. The lowest BCUT2D eigenvalue weighted by molar-refractivity contribution is -0.158. The molecule has 1 aromatic rings. The van der Waals surface area contributed by atoms with Crippen LogP contribution in [0.15, 0.2) is 46.6 Å². The maximum atomic E-state index is 13.2. The fourth-order valence-electron chi connectivity index (χ4n) is 4.66. The van der Waals surface area contributed by atoms with Crippen LogP contribution in [0.5, 0.6) is 0 Å². The summed E-state index contributed by atoms with van der Waals surface area (Å²) < 4.78 is 11.2. The number of nitrogens with zero attached hydrogens (tertiary/aromatic N) is 2. The monoisotopic (exact) mass is 527 g/mol. The Hall–Kier alpha value is -3.53. The number of cyclic esters (lactones) is 1. The molecule has 2 aliphatic rings. The number of hydrogen-bond donors (Lipinski definition) is 2. The van der Waals surface area contributed by atoms with E-state index in [9.17, 15) is 24.3 Å². The molecule has 206 valence electrons.